The van der Waals surface area contributed by atoms with Gasteiger partial charge in [0.2, 0.25) is 0 Å². The molecule has 1 atom stereocenters. The molecular weight excluding hydrogens is 497 g/mol. The van der Waals surface area contributed by atoms with Gasteiger partial charge < -0.3 is 21.1 Å². The normalized spacial score (nSPS) is 15.1. The van der Waals surface area contributed by atoms with Gasteiger partial charge >= 0.3 is 5.97 Å². The van der Waals surface area contributed by atoms with E-state index >= 15 is 0 Å². The number of rotatable bonds is 11. The second-order valence-corrected chi connectivity index (χ2v) is 10.5. The fourth-order valence-electron chi connectivity index (χ4n) is 3.93. The van der Waals surface area contributed by atoms with Crippen molar-refractivity contribution in [2.24, 2.45) is 11.7 Å². The summed E-state index contributed by atoms with van der Waals surface area (Å²) in [5.41, 5.74) is 6.47. The van der Waals surface area contributed by atoms with Crippen LogP contribution in [0.5, 0.6) is 0 Å². The summed E-state index contributed by atoms with van der Waals surface area (Å²) in [6, 6.07) is 5.90. The number of anilines is 1. The number of carbonyl (C=O) groups excluding carboxylic acids is 2. The molecule has 0 aromatic carbocycles. The predicted molar refractivity (Wildman–Crippen MR) is 137 cm³/mol. The highest BCUT2D eigenvalue weighted by Crippen LogP contribution is 2.43. The van der Waals surface area contributed by atoms with Crippen molar-refractivity contribution < 1.29 is 18.7 Å². The number of nitrogens with one attached hydrogen (secondary N) is 2. The summed E-state index contributed by atoms with van der Waals surface area (Å²) >= 11 is 1.37. The van der Waals surface area contributed by atoms with Crippen LogP contribution in [0, 0.1) is 11.7 Å². The van der Waals surface area contributed by atoms with E-state index in [1.54, 1.807) is 32.3 Å². The van der Waals surface area contributed by atoms with E-state index in [4.69, 9.17) is 10.5 Å². The summed E-state index contributed by atoms with van der Waals surface area (Å²) in [5.74, 6) is -0.799. The Bertz CT molecular complexity index is 1230. The van der Waals surface area contributed by atoms with Gasteiger partial charge in [0, 0.05) is 29.2 Å². The molecule has 0 aliphatic heterocycles. The van der Waals surface area contributed by atoms with E-state index in [1.165, 1.54) is 17.4 Å². The molecule has 3 aromatic rings. The summed E-state index contributed by atoms with van der Waals surface area (Å²) in [6.07, 6.45) is 6.04. The summed E-state index contributed by atoms with van der Waals surface area (Å²) in [7, 11) is 0. The van der Waals surface area contributed by atoms with E-state index in [0.717, 1.165) is 24.1 Å². The number of amides is 1. The summed E-state index contributed by atoms with van der Waals surface area (Å²) in [6.45, 7) is 3.98. The third kappa shape index (κ3) is 6.44. The van der Waals surface area contributed by atoms with E-state index in [0.29, 0.717) is 28.8 Å². The van der Waals surface area contributed by atoms with Crippen LogP contribution in [0.3, 0.4) is 0 Å². The summed E-state index contributed by atoms with van der Waals surface area (Å²) < 4.78 is 19.3. The first-order chi connectivity index (χ1) is 17.8. The van der Waals surface area contributed by atoms with Gasteiger partial charge in [-0.1, -0.05) is 20.3 Å². The zero-order valence-corrected chi connectivity index (χ0v) is 21.6. The maximum absolute atomic E-state index is 14.3. The van der Waals surface area contributed by atoms with Crippen molar-refractivity contribution in [2.45, 2.75) is 51.1 Å². The van der Waals surface area contributed by atoms with Crippen LogP contribution in [0.2, 0.25) is 0 Å². The molecule has 4 rings (SSSR count). The molecule has 0 saturated heterocycles. The van der Waals surface area contributed by atoms with Crippen molar-refractivity contribution in [3.63, 3.8) is 0 Å². The molecule has 12 heteroatoms. The zero-order valence-electron chi connectivity index (χ0n) is 20.7. The Morgan fingerprint density at radius 2 is 2.03 bits per heavy atom. The van der Waals surface area contributed by atoms with Crippen molar-refractivity contribution in [1.29, 1.82) is 0 Å². The molecule has 3 heterocycles. The first kappa shape index (κ1) is 26.6. The lowest BCUT2D eigenvalue weighted by Crippen LogP contribution is -2.42. The molecule has 0 bridgehead atoms. The molecule has 0 radical (unpaired) electrons. The molecular formula is C25H30FN7O3S. The van der Waals surface area contributed by atoms with Crippen LogP contribution in [0.4, 0.5) is 10.2 Å². The Hall–Kier alpha value is -3.51. The van der Waals surface area contributed by atoms with Gasteiger partial charge in [0.1, 0.15) is 28.4 Å². The van der Waals surface area contributed by atoms with E-state index < -0.39 is 17.9 Å². The fourth-order valence-corrected chi connectivity index (χ4v) is 4.74. The number of thiazole rings is 1. The van der Waals surface area contributed by atoms with Gasteiger partial charge in [0.15, 0.2) is 6.61 Å². The van der Waals surface area contributed by atoms with Crippen LogP contribution in [0.25, 0.3) is 10.7 Å². The minimum Gasteiger partial charge on any atom is -0.454 e. The Morgan fingerprint density at radius 3 is 2.68 bits per heavy atom. The molecule has 196 valence electrons. The van der Waals surface area contributed by atoms with Crippen LogP contribution in [0.15, 0.2) is 36.7 Å². The fraction of sp³-hybridized carbons (Fsp3) is 0.440. The molecule has 4 N–H and O–H groups in total. The Balaban J connectivity index is 1.27. The predicted octanol–water partition coefficient (Wildman–Crippen LogP) is 2.81. The van der Waals surface area contributed by atoms with Crippen LogP contribution >= 0.6 is 11.3 Å². The highest BCUT2D eigenvalue weighted by atomic mass is 32.1. The number of hydrogen-bond acceptors (Lipinski definition) is 10. The molecule has 1 amide bonds. The van der Waals surface area contributed by atoms with E-state index in [-0.39, 0.29) is 30.3 Å². The number of ether oxygens (including phenoxy) is 1. The lowest BCUT2D eigenvalue weighted by Gasteiger charge is -2.41. The Morgan fingerprint density at radius 1 is 1.22 bits per heavy atom. The molecule has 1 aliphatic rings. The second kappa shape index (κ2) is 11.7. The SMILES string of the molecule is CC(C)[C@H](N)C(=O)OCC(=O)NCc1cnc(-c2ccc(NCC3(c4ncccc4F)CCC3)nn2)s1. The van der Waals surface area contributed by atoms with Gasteiger partial charge in [-0.15, -0.1) is 21.5 Å². The molecule has 1 saturated carbocycles. The third-order valence-corrected chi connectivity index (χ3v) is 7.43. The van der Waals surface area contributed by atoms with Crippen molar-refractivity contribution in [3.8, 4) is 10.7 Å². The van der Waals surface area contributed by atoms with Crippen molar-refractivity contribution >= 4 is 29.0 Å². The third-order valence-electron chi connectivity index (χ3n) is 6.41. The van der Waals surface area contributed by atoms with Gasteiger partial charge in [-0.2, -0.15) is 0 Å². The van der Waals surface area contributed by atoms with E-state index in [9.17, 15) is 14.0 Å². The highest BCUT2D eigenvalue weighted by Gasteiger charge is 2.41. The Kier molecular flexibility index (Phi) is 8.39. The van der Waals surface area contributed by atoms with Crippen LogP contribution < -0.4 is 16.4 Å². The number of aromatic nitrogens is 4. The first-order valence-corrected chi connectivity index (χ1v) is 12.9. The Labute approximate surface area is 218 Å². The minimum absolute atomic E-state index is 0.0744. The molecule has 0 spiro atoms. The average molecular weight is 528 g/mol. The van der Waals surface area contributed by atoms with E-state index in [1.807, 2.05) is 12.1 Å². The van der Waals surface area contributed by atoms with Crippen molar-refractivity contribution in [1.82, 2.24) is 25.5 Å². The number of nitrogens with zero attached hydrogens (tertiary/aromatic N) is 4. The number of carbonyl (C=O) groups is 2. The van der Waals surface area contributed by atoms with Crippen LogP contribution in [-0.2, 0) is 26.3 Å². The first-order valence-electron chi connectivity index (χ1n) is 12.1. The van der Waals surface area contributed by atoms with Gasteiger partial charge in [0.05, 0.1) is 12.2 Å². The standard InChI is InChI=1S/C25H30FN7O3S/c1-15(2)21(27)24(35)36-13-20(34)29-11-16-12-30-23(37-16)18-6-7-19(33-32-18)31-14-25(8-4-9-25)22-17(26)5-3-10-28-22/h3,5-7,10,12,15,21H,4,8-9,11,13-14,27H2,1-2H3,(H,29,34)(H,31,33)/t21-/m0/s1. The number of esters is 1. The number of pyridine rings is 1. The second-order valence-electron chi connectivity index (χ2n) is 9.41. The molecule has 37 heavy (non-hydrogen) atoms. The minimum atomic E-state index is -0.761. The molecule has 3 aromatic heterocycles. The average Bonchev–Trinajstić information content (AvgIpc) is 3.35. The molecule has 10 nitrogen and oxygen atoms in total. The van der Waals surface area contributed by atoms with Gasteiger partial charge in [0.25, 0.3) is 5.91 Å². The molecule has 1 aliphatic carbocycles. The molecule has 0 unspecified atom stereocenters. The number of nitrogens with two attached hydrogens (primary N) is 1. The van der Waals surface area contributed by atoms with Gasteiger partial charge in [-0.05, 0) is 43.0 Å². The monoisotopic (exact) mass is 527 g/mol. The largest absolute Gasteiger partial charge is 0.454 e. The van der Waals surface area contributed by atoms with E-state index in [2.05, 4.69) is 30.8 Å². The van der Waals surface area contributed by atoms with Crippen LogP contribution in [0.1, 0.15) is 43.7 Å². The highest BCUT2D eigenvalue weighted by molar-refractivity contribution is 7.15. The van der Waals surface area contributed by atoms with Crippen molar-refractivity contribution in [2.75, 3.05) is 18.5 Å². The number of hydrogen-bond donors (Lipinski definition) is 3. The zero-order chi connectivity index (χ0) is 26.4. The van der Waals surface area contributed by atoms with Gasteiger partial charge in [-0.25, -0.2) is 9.37 Å². The van der Waals surface area contributed by atoms with Gasteiger partial charge in [-0.3, -0.25) is 14.6 Å². The number of halogens is 1. The smallest absolute Gasteiger partial charge is 0.323 e. The lowest BCUT2D eigenvalue weighted by molar-refractivity contribution is -0.150. The van der Waals surface area contributed by atoms with Crippen LogP contribution in [-0.4, -0.2) is 51.2 Å². The quantitative estimate of drug-likeness (QED) is 0.321. The molecule has 1 fully saturated rings. The maximum atomic E-state index is 14.3. The summed E-state index contributed by atoms with van der Waals surface area (Å²) in [4.78, 5) is 33.2. The maximum Gasteiger partial charge on any atom is 0.323 e. The topological polar surface area (TPSA) is 145 Å². The lowest BCUT2D eigenvalue weighted by atomic mass is 9.66. The summed E-state index contributed by atoms with van der Waals surface area (Å²) in [5, 5.41) is 15.1. The van der Waals surface area contributed by atoms with Crippen molar-refractivity contribution in [3.05, 3.63) is 53.0 Å².